The van der Waals surface area contributed by atoms with Crippen molar-refractivity contribution < 1.29 is 33.8 Å². The van der Waals surface area contributed by atoms with E-state index in [-0.39, 0.29) is 43.8 Å². The number of allylic oxidation sites excluding steroid dienone is 1. The van der Waals surface area contributed by atoms with Gasteiger partial charge in [0.25, 0.3) is 0 Å². The number of cyclic esters (lactones) is 1. The number of amides is 3. The molecular weight excluding hydrogens is 538 g/mol. The molecule has 42 heavy (non-hydrogen) atoms. The van der Waals surface area contributed by atoms with Crippen LogP contribution in [0.5, 0.6) is 0 Å². The molecule has 4 aliphatic rings. The molecule has 5 rings (SSSR count). The number of aliphatic hydroxyl groups excluding tert-OH is 1. The van der Waals surface area contributed by atoms with Crippen LogP contribution in [-0.2, 0) is 28.7 Å². The van der Waals surface area contributed by atoms with Gasteiger partial charge < -0.3 is 29.7 Å². The molecule has 2 N–H and O–H groups in total. The lowest BCUT2D eigenvalue weighted by Gasteiger charge is -2.40. The molecule has 2 fully saturated rings. The highest BCUT2D eigenvalue weighted by molar-refractivity contribution is 5.99. The van der Waals surface area contributed by atoms with E-state index in [0.717, 1.165) is 5.56 Å². The van der Waals surface area contributed by atoms with Crippen molar-refractivity contribution in [3.8, 4) is 0 Å². The zero-order valence-corrected chi connectivity index (χ0v) is 24.5. The number of hydrogen-bond acceptors (Lipinski definition) is 7. The molecule has 10 nitrogen and oxygen atoms in total. The maximum absolute atomic E-state index is 14.3. The summed E-state index contributed by atoms with van der Waals surface area (Å²) in [5.74, 6) is -3.32. The summed E-state index contributed by atoms with van der Waals surface area (Å²) in [7, 11) is 0. The van der Waals surface area contributed by atoms with Crippen molar-refractivity contribution in [3.05, 3.63) is 60.2 Å². The predicted molar refractivity (Wildman–Crippen MR) is 154 cm³/mol. The number of rotatable bonds is 5. The monoisotopic (exact) mass is 579 g/mol. The Bertz CT molecular complexity index is 1260. The molecule has 226 valence electrons. The third-order valence-corrected chi connectivity index (χ3v) is 8.66. The fourth-order valence-electron chi connectivity index (χ4n) is 6.64. The molecule has 2 saturated heterocycles. The van der Waals surface area contributed by atoms with Crippen molar-refractivity contribution in [3.63, 3.8) is 0 Å². The molecule has 0 bridgehead atoms. The Kier molecular flexibility index (Phi) is 8.57. The van der Waals surface area contributed by atoms with Crippen molar-refractivity contribution in [2.24, 2.45) is 11.8 Å². The molecule has 1 aromatic carbocycles. The van der Waals surface area contributed by atoms with Gasteiger partial charge in [0.1, 0.15) is 23.7 Å². The number of hydrogen-bond donors (Lipinski definition) is 2. The van der Waals surface area contributed by atoms with Gasteiger partial charge in [-0.2, -0.15) is 0 Å². The van der Waals surface area contributed by atoms with Gasteiger partial charge in [-0.15, -0.1) is 0 Å². The summed E-state index contributed by atoms with van der Waals surface area (Å²) < 4.78 is 12.8. The first-order chi connectivity index (χ1) is 20.1. The van der Waals surface area contributed by atoms with E-state index in [1.165, 1.54) is 0 Å². The SMILES string of the molecule is CC(C)(C)N1CC=C[C@@]23O[C@H]4/C=C\CCC(=O)NC[C@H](c5ccccc5)OC(=O)[C@H]4[C@@H]2C(=O)N(CCCCO)[C@H]3C1=O. The molecule has 6 atom stereocenters. The Hall–Kier alpha value is -3.50. The highest BCUT2D eigenvalue weighted by Crippen LogP contribution is 2.53. The number of esters is 1. The third-order valence-electron chi connectivity index (χ3n) is 8.66. The van der Waals surface area contributed by atoms with E-state index < -0.39 is 47.2 Å². The van der Waals surface area contributed by atoms with Gasteiger partial charge in [0.2, 0.25) is 17.7 Å². The smallest absolute Gasteiger partial charge is 0.313 e. The largest absolute Gasteiger partial charge is 0.455 e. The van der Waals surface area contributed by atoms with Gasteiger partial charge in [-0.1, -0.05) is 54.6 Å². The first kappa shape index (κ1) is 30.0. The maximum Gasteiger partial charge on any atom is 0.313 e. The van der Waals surface area contributed by atoms with Crippen molar-refractivity contribution in [1.82, 2.24) is 15.1 Å². The van der Waals surface area contributed by atoms with E-state index in [0.29, 0.717) is 25.8 Å². The van der Waals surface area contributed by atoms with Crippen LogP contribution in [0, 0.1) is 11.8 Å². The van der Waals surface area contributed by atoms with E-state index in [9.17, 15) is 24.3 Å². The molecule has 4 heterocycles. The number of nitrogens with one attached hydrogen (secondary N) is 1. The zero-order chi connectivity index (χ0) is 30.1. The summed E-state index contributed by atoms with van der Waals surface area (Å²) in [6.45, 7) is 6.50. The van der Waals surface area contributed by atoms with E-state index in [4.69, 9.17) is 9.47 Å². The molecule has 0 radical (unpaired) electrons. The van der Waals surface area contributed by atoms with Crippen molar-refractivity contribution in [2.45, 2.75) is 75.8 Å². The van der Waals surface area contributed by atoms with Gasteiger partial charge >= 0.3 is 5.97 Å². The van der Waals surface area contributed by atoms with Gasteiger partial charge in [-0.3, -0.25) is 19.2 Å². The van der Waals surface area contributed by atoms with Crippen LogP contribution >= 0.6 is 0 Å². The summed E-state index contributed by atoms with van der Waals surface area (Å²) in [5.41, 5.74) is -1.17. The molecule has 10 heteroatoms. The number of carbonyl (C=O) groups is 4. The van der Waals surface area contributed by atoms with Crippen LogP contribution in [0.4, 0.5) is 0 Å². The molecule has 1 spiro atoms. The van der Waals surface area contributed by atoms with E-state index >= 15 is 0 Å². The Balaban J connectivity index is 1.58. The lowest BCUT2D eigenvalue weighted by molar-refractivity contribution is -0.160. The van der Waals surface area contributed by atoms with Crippen LogP contribution in [-0.4, -0.2) is 88.1 Å². The molecule has 1 aromatic rings. The molecule has 0 aliphatic carbocycles. The van der Waals surface area contributed by atoms with Gasteiger partial charge in [-0.25, -0.2) is 0 Å². The number of carbonyl (C=O) groups excluding carboxylic acids is 4. The average molecular weight is 580 g/mol. The lowest BCUT2D eigenvalue weighted by Crippen LogP contribution is -2.58. The van der Waals surface area contributed by atoms with Crippen LogP contribution in [0.2, 0.25) is 0 Å². The number of nitrogens with zero attached hydrogens (tertiary/aromatic N) is 2. The summed E-state index contributed by atoms with van der Waals surface area (Å²) >= 11 is 0. The number of benzene rings is 1. The molecule has 3 amide bonds. The van der Waals surface area contributed by atoms with Gasteiger partial charge in [0.15, 0.2) is 0 Å². The maximum atomic E-state index is 14.3. The zero-order valence-electron chi connectivity index (χ0n) is 24.5. The van der Waals surface area contributed by atoms with Crippen LogP contribution in [0.15, 0.2) is 54.6 Å². The normalized spacial score (nSPS) is 32.6. The van der Waals surface area contributed by atoms with Crippen molar-refractivity contribution in [1.29, 1.82) is 0 Å². The number of fused-ring (bicyclic) bond motifs is 2. The first-order valence-electron chi connectivity index (χ1n) is 14.9. The van der Waals surface area contributed by atoms with E-state index in [1.54, 1.807) is 22.0 Å². The van der Waals surface area contributed by atoms with E-state index in [1.807, 2.05) is 63.3 Å². The summed E-state index contributed by atoms with van der Waals surface area (Å²) in [6, 6.07) is 8.20. The Morgan fingerprint density at radius 1 is 1.05 bits per heavy atom. The Morgan fingerprint density at radius 2 is 1.81 bits per heavy atom. The second kappa shape index (κ2) is 12.0. The average Bonchev–Trinajstić information content (AvgIpc) is 3.32. The number of unbranched alkanes of at least 4 members (excludes halogenated alkanes) is 1. The minimum Gasteiger partial charge on any atom is -0.455 e. The molecule has 0 saturated carbocycles. The van der Waals surface area contributed by atoms with E-state index in [2.05, 4.69) is 5.32 Å². The minimum atomic E-state index is -1.37. The number of aliphatic hydroxyl groups is 1. The standard InChI is InChI=1S/C32H41N3O7/c1-31(2,3)35-18-11-16-32-26(28(38)34(17-9-10-19-36)27(32)29(35)39)25-22(42-32)14-7-8-15-24(37)33-20-23(41-30(25)40)21-12-5-4-6-13-21/h4-7,11-14,16,22-23,25-27,36H,8-10,15,17-20H2,1-3H3,(H,33,37)/b14-7-/t22-,23+,25+,26+,27-,32+/m0/s1. The number of ether oxygens (including phenoxy) is 2. The first-order valence-corrected chi connectivity index (χ1v) is 14.9. The molecule has 0 aromatic heterocycles. The Labute approximate surface area is 246 Å². The second-order valence-corrected chi connectivity index (χ2v) is 12.4. The molecule has 4 aliphatic heterocycles. The van der Waals surface area contributed by atoms with Crippen LogP contribution in [0.3, 0.4) is 0 Å². The second-order valence-electron chi connectivity index (χ2n) is 12.4. The highest BCUT2D eigenvalue weighted by Gasteiger charge is 2.72. The molecule has 0 unspecified atom stereocenters. The Morgan fingerprint density at radius 3 is 2.52 bits per heavy atom. The number of likely N-dealkylation sites (tertiary alicyclic amines) is 1. The van der Waals surface area contributed by atoms with Gasteiger partial charge in [0.05, 0.1) is 18.6 Å². The summed E-state index contributed by atoms with van der Waals surface area (Å²) in [4.78, 5) is 58.5. The van der Waals surface area contributed by atoms with Crippen LogP contribution in [0.1, 0.15) is 58.1 Å². The molecular formula is C32H41N3O7. The predicted octanol–water partition coefficient (Wildman–Crippen LogP) is 2.29. The topological polar surface area (TPSA) is 125 Å². The highest BCUT2D eigenvalue weighted by atomic mass is 16.6. The minimum absolute atomic E-state index is 0.0288. The van der Waals surface area contributed by atoms with Crippen LogP contribution < -0.4 is 5.32 Å². The fraction of sp³-hybridized carbons (Fsp3) is 0.562. The third kappa shape index (κ3) is 5.49. The quantitative estimate of drug-likeness (QED) is 0.312. The summed E-state index contributed by atoms with van der Waals surface area (Å²) in [6.07, 6.45) is 7.25. The van der Waals surface area contributed by atoms with Crippen LogP contribution in [0.25, 0.3) is 0 Å². The van der Waals surface area contributed by atoms with Crippen molar-refractivity contribution in [2.75, 3.05) is 26.2 Å². The van der Waals surface area contributed by atoms with Gasteiger partial charge in [-0.05, 0) is 45.6 Å². The fourth-order valence-corrected chi connectivity index (χ4v) is 6.64. The summed E-state index contributed by atoms with van der Waals surface area (Å²) in [5, 5.41) is 12.3. The van der Waals surface area contributed by atoms with Crippen molar-refractivity contribution >= 4 is 23.7 Å². The lowest BCUT2D eigenvalue weighted by atomic mass is 9.77. The van der Waals surface area contributed by atoms with Gasteiger partial charge in [0, 0.05) is 31.7 Å².